The molecule has 2 N–H and O–H groups in total. The molecule has 1 aromatic heterocycles. The molecule has 8 nitrogen and oxygen atoms in total. The standard InChI is InChI=1S/C21H24N4O4/c26-20(21(27)24-17-3-4-18-19(10-17)29-14-28-18)23-12-15-5-8-25(9-6-15)13-16-2-1-7-22-11-16/h1-4,7,10-11,15H,5-6,8-9,12-14H2,(H,23,26)(H,24,27). The number of nitrogens with one attached hydrogen (secondary N) is 2. The molecular weight excluding hydrogens is 372 g/mol. The van der Waals surface area contributed by atoms with E-state index in [0.29, 0.717) is 29.6 Å². The average Bonchev–Trinajstić information content (AvgIpc) is 3.21. The number of aromatic nitrogens is 1. The van der Waals surface area contributed by atoms with Crippen molar-refractivity contribution < 1.29 is 19.1 Å². The zero-order chi connectivity index (χ0) is 20.1. The van der Waals surface area contributed by atoms with Gasteiger partial charge in [-0.2, -0.15) is 0 Å². The third kappa shape index (κ3) is 5.03. The minimum absolute atomic E-state index is 0.161. The Hall–Kier alpha value is -3.13. The van der Waals surface area contributed by atoms with E-state index >= 15 is 0 Å². The molecule has 2 aromatic rings. The van der Waals surface area contributed by atoms with Gasteiger partial charge >= 0.3 is 11.8 Å². The van der Waals surface area contributed by atoms with Gasteiger partial charge in [0.2, 0.25) is 6.79 Å². The maximum atomic E-state index is 12.1. The van der Waals surface area contributed by atoms with Crippen LogP contribution < -0.4 is 20.1 Å². The van der Waals surface area contributed by atoms with Crippen LogP contribution in [0.1, 0.15) is 18.4 Å². The van der Waals surface area contributed by atoms with Gasteiger partial charge in [-0.3, -0.25) is 19.5 Å². The van der Waals surface area contributed by atoms with Crippen LogP contribution in [0.5, 0.6) is 11.5 Å². The molecule has 1 aromatic carbocycles. The highest BCUT2D eigenvalue weighted by Gasteiger charge is 2.22. The molecular formula is C21H24N4O4. The summed E-state index contributed by atoms with van der Waals surface area (Å²) in [5.41, 5.74) is 1.71. The first-order valence-corrected chi connectivity index (χ1v) is 9.77. The van der Waals surface area contributed by atoms with E-state index in [0.717, 1.165) is 32.5 Å². The van der Waals surface area contributed by atoms with E-state index in [-0.39, 0.29) is 6.79 Å². The van der Waals surface area contributed by atoms with Crippen LogP contribution in [0.25, 0.3) is 0 Å². The van der Waals surface area contributed by atoms with Gasteiger partial charge in [0.1, 0.15) is 0 Å². The monoisotopic (exact) mass is 396 g/mol. The Bertz CT molecular complexity index is 866. The molecule has 2 aliphatic rings. The first-order chi connectivity index (χ1) is 14.2. The minimum atomic E-state index is -0.683. The number of hydrogen-bond donors (Lipinski definition) is 2. The number of piperidine rings is 1. The normalized spacial score (nSPS) is 16.4. The number of pyridine rings is 1. The van der Waals surface area contributed by atoms with Crippen molar-refractivity contribution in [3.8, 4) is 11.5 Å². The predicted molar refractivity (Wildman–Crippen MR) is 106 cm³/mol. The summed E-state index contributed by atoms with van der Waals surface area (Å²) in [4.78, 5) is 30.8. The Balaban J connectivity index is 1.18. The van der Waals surface area contributed by atoms with Crippen LogP contribution in [0.3, 0.4) is 0 Å². The summed E-state index contributed by atoms with van der Waals surface area (Å²) in [7, 11) is 0. The summed E-state index contributed by atoms with van der Waals surface area (Å²) in [5.74, 6) is 0.254. The van der Waals surface area contributed by atoms with Crippen LogP contribution in [0, 0.1) is 5.92 Å². The molecule has 0 radical (unpaired) electrons. The topological polar surface area (TPSA) is 92.8 Å². The number of carbonyl (C=O) groups excluding carboxylic acids is 2. The molecule has 2 aliphatic heterocycles. The Morgan fingerprint density at radius 3 is 2.72 bits per heavy atom. The molecule has 3 heterocycles. The van der Waals surface area contributed by atoms with Crippen molar-refractivity contribution in [3.63, 3.8) is 0 Å². The van der Waals surface area contributed by atoms with Gasteiger partial charge in [-0.05, 0) is 55.6 Å². The molecule has 29 heavy (non-hydrogen) atoms. The first-order valence-electron chi connectivity index (χ1n) is 9.77. The number of likely N-dealkylation sites (tertiary alicyclic amines) is 1. The van der Waals surface area contributed by atoms with E-state index < -0.39 is 11.8 Å². The number of carbonyl (C=O) groups is 2. The highest BCUT2D eigenvalue weighted by atomic mass is 16.7. The van der Waals surface area contributed by atoms with Crippen molar-refractivity contribution in [2.24, 2.45) is 5.92 Å². The number of benzene rings is 1. The Labute approximate surface area is 169 Å². The second-order valence-electron chi connectivity index (χ2n) is 7.31. The fourth-order valence-corrected chi connectivity index (χ4v) is 3.58. The van der Waals surface area contributed by atoms with Crippen LogP contribution in [-0.4, -0.2) is 48.1 Å². The molecule has 0 atom stereocenters. The van der Waals surface area contributed by atoms with Crippen molar-refractivity contribution in [2.45, 2.75) is 19.4 Å². The number of fused-ring (bicyclic) bond motifs is 1. The number of rotatable bonds is 5. The first kappa shape index (κ1) is 19.2. The third-order valence-electron chi connectivity index (χ3n) is 5.22. The summed E-state index contributed by atoms with van der Waals surface area (Å²) >= 11 is 0. The van der Waals surface area contributed by atoms with Gasteiger partial charge in [0, 0.05) is 37.2 Å². The molecule has 4 rings (SSSR count). The summed E-state index contributed by atoms with van der Waals surface area (Å²) in [6.45, 7) is 3.50. The molecule has 152 valence electrons. The van der Waals surface area contributed by atoms with Crippen LogP contribution >= 0.6 is 0 Å². The van der Waals surface area contributed by atoms with Crippen molar-refractivity contribution in [1.82, 2.24) is 15.2 Å². The number of amides is 2. The Morgan fingerprint density at radius 2 is 1.93 bits per heavy atom. The second-order valence-corrected chi connectivity index (χ2v) is 7.31. The Morgan fingerprint density at radius 1 is 1.10 bits per heavy atom. The zero-order valence-corrected chi connectivity index (χ0v) is 16.1. The van der Waals surface area contributed by atoms with Crippen LogP contribution in [0.15, 0.2) is 42.7 Å². The fraction of sp³-hybridized carbons (Fsp3) is 0.381. The number of hydrogen-bond acceptors (Lipinski definition) is 6. The van der Waals surface area contributed by atoms with Crippen molar-refractivity contribution in [3.05, 3.63) is 48.3 Å². The Kier molecular flexibility index (Phi) is 5.90. The molecule has 1 saturated heterocycles. The lowest BCUT2D eigenvalue weighted by Crippen LogP contribution is -2.41. The lowest BCUT2D eigenvalue weighted by Gasteiger charge is -2.31. The summed E-state index contributed by atoms with van der Waals surface area (Å²) in [6, 6.07) is 9.06. The predicted octanol–water partition coefficient (Wildman–Crippen LogP) is 1.78. The molecule has 0 spiro atoms. The average molecular weight is 396 g/mol. The van der Waals surface area contributed by atoms with Gasteiger partial charge in [-0.25, -0.2) is 0 Å². The van der Waals surface area contributed by atoms with Gasteiger partial charge in [0.15, 0.2) is 11.5 Å². The number of anilines is 1. The lowest BCUT2D eigenvalue weighted by molar-refractivity contribution is -0.136. The molecule has 8 heteroatoms. The fourth-order valence-electron chi connectivity index (χ4n) is 3.58. The second kappa shape index (κ2) is 8.91. The van der Waals surface area contributed by atoms with E-state index in [1.165, 1.54) is 5.56 Å². The molecule has 0 unspecified atom stereocenters. The van der Waals surface area contributed by atoms with Crippen molar-refractivity contribution >= 4 is 17.5 Å². The van der Waals surface area contributed by atoms with Crippen molar-refractivity contribution in [2.75, 3.05) is 31.7 Å². The summed E-state index contributed by atoms with van der Waals surface area (Å²) < 4.78 is 10.5. The smallest absolute Gasteiger partial charge is 0.313 e. The molecule has 0 aliphatic carbocycles. The number of ether oxygens (including phenoxy) is 2. The van der Waals surface area contributed by atoms with E-state index in [2.05, 4.69) is 26.6 Å². The quantitative estimate of drug-likeness (QED) is 0.749. The largest absolute Gasteiger partial charge is 0.454 e. The van der Waals surface area contributed by atoms with Gasteiger partial charge < -0.3 is 20.1 Å². The lowest BCUT2D eigenvalue weighted by atomic mass is 9.96. The summed E-state index contributed by atoms with van der Waals surface area (Å²) in [5, 5.41) is 5.35. The zero-order valence-electron chi connectivity index (χ0n) is 16.1. The van der Waals surface area contributed by atoms with Crippen LogP contribution in [0.4, 0.5) is 5.69 Å². The molecule has 2 amide bonds. The van der Waals surface area contributed by atoms with Gasteiger partial charge in [0.25, 0.3) is 0 Å². The van der Waals surface area contributed by atoms with E-state index in [1.807, 2.05) is 12.3 Å². The highest BCUT2D eigenvalue weighted by Crippen LogP contribution is 2.34. The van der Waals surface area contributed by atoms with E-state index in [9.17, 15) is 9.59 Å². The third-order valence-corrected chi connectivity index (χ3v) is 5.22. The van der Waals surface area contributed by atoms with Gasteiger partial charge in [-0.15, -0.1) is 0 Å². The van der Waals surface area contributed by atoms with Crippen LogP contribution in [-0.2, 0) is 16.1 Å². The molecule has 0 bridgehead atoms. The maximum absolute atomic E-state index is 12.1. The summed E-state index contributed by atoms with van der Waals surface area (Å²) in [6.07, 6.45) is 5.65. The number of nitrogens with zero attached hydrogens (tertiary/aromatic N) is 2. The van der Waals surface area contributed by atoms with Gasteiger partial charge in [0.05, 0.1) is 0 Å². The molecule has 1 fully saturated rings. The maximum Gasteiger partial charge on any atom is 0.313 e. The van der Waals surface area contributed by atoms with E-state index in [1.54, 1.807) is 24.4 Å². The van der Waals surface area contributed by atoms with Gasteiger partial charge in [-0.1, -0.05) is 6.07 Å². The molecule has 0 saturated carbocycles. The van der Waals surface area contributed by atoms with E-state index in [4.69, 9.17) is 9.47 Å². The van der Waals surface area contributed by atoms with Crippen LogP contribution in [0.2, 0.25) is 0 Å². The highest BCUT2D eigenvalue weighted by molar-refractivity contribution is 6.39. The van der Waals surface area contributed by atoms with Crippen molar-refractivity contribution in [1.29, 1.82) is 0 Å². The minimum Gasteiger partial charge on any atom is -0.454 e. The SMILES string of the molecule is O=C(NCC1CCN(Cc2cccnc2)CC1)C(=O)Nc1ccc2c(c1)OCO2.